The van der Waals surface area contributed by atoms with Gasteiger partial charge in [0.15, 0.2) is 0 Å². The van der Waals surface area contributed by atoms with E-state index in [9.17, 15) is 13.2 Å². The van der Waals surface area contributed by atoms with Crippen LogP contribution in [-0.4, -0.2) is 50.1 Å². The van der Waals surface area contributed by atoms with Crippen LogP contribution in [0.15, 0.2) is 72.6 Å². The predicted molar refractivity (Wildman–Crippen MR) is 160 cm³/mol. The second-order valence-electron chi connectivity index (χ2n) is 11.3. The smallest absolute Gasteiger partial charge is 0.241 e. The molecule has 4 rings (SSSR count). The Morgan fingerprint density at radius 1 is 1.00 bits per heavy atom. The Morgan fingerprint density at radius 2 is 1.69 bits per heavy atom. The van der Waals surface area contributed by atoms with Crippen molar-refractivity contribution in [3.63, 3.8) is 0 Å². The zero-order valence-corrected chi connectivity index (χ0v) is 24.5. The number of allylic oxidation sites excluding steroid dienone is 1. The van der Waals surface area contributed by atoms with Crippen molar-refractivity contribution in [3.8, 4) is 11.1 Å². The first-order valence-corrected chi connectivity index (χ1v) is 15.1. The Labute approximate surface area is 232 Å². The average Bonchev–Trinajstić information content (AvgIpc) is 2.87. The van der Waals surface area contributed by atoms with Gasteiger partial charge in [-0.15, -0.1) is 0 Å². The van der Waals surface area contributed by atoms with E-state index in [1.54, 1.807) is 12.3 Å². The third-order valence-electron chi connectivity index (χ3n) is 7.16. The molecule has 0 radical (unpaired) electrons. The minimum Gasteiger partial charge on any atom is -0.305 e. The first-order chi connectivity index (χ1) is 18.4. The third kappa shape index (κ3) is 6.84. The van der Waals surface area contributed by atoms with Crippen molar-refractivity contribution in [2.75, 3.05) is 20.6 Å². The van der Waals surface area contributed by atoms with E-state index in [4.69, 9.17) is 0 Å². The van der Waals surface area contributed by atoms with Gasteiger partial charge in [0.2, 0.25) is 15.9 Å². The minimum atomic E-state index is -3.84. The summed E-state index contributed by atoms with van der Waals surface area (Å²) in [6, 6.07) is 12.6. The molecule has 0 saturated carbocycles. The number of nitrogens with one attached hydrogen (secondary N) is 1. The highest BCUT2D eigenvalue weighted by Gasteiger charge is 2.27. The van der Waals surface area contributed by atoms with Crippen LogP contribution in [-0.2, 0) is 21.2 Å². The van der Waals surface area contributed by atoms with Crippen LogP contribution in [0.25, 0.3) is 21.9 Å². The lowest BCUT2D eigenvalue weighted by Gasteiger charge is -2.23. The van der Waals surface area contributed by atoms with Gasteiger partial charge in [0.25, 0.3) is 0 Å². The molecule has 1 amide bonds. The number of fused-ring (bicyclic) bond motifs is 1. The summed E-state index contributed by atoms with van der Waals surface area (Å²) in [6.07, 6.45) is 9.48. The molecule has 1 heterocycles. The molecule has 1 aromatic heterocycles. The maximum atomic E-state index is 13.2. The Hall–Kier alpha value is -3.29. The van der Waals surface area contributed by atoms with Crippen molar-refractivity contribution in [1.29, 1.82) is 0 Å². The molecule has 1 atom stereocenters. The molecule has 1 N–H and O–H groups in total. The monoisotopic (exact) mass is 545 g/mol. The number of sulfonamides is 1. The number of pyridine rings is 1. The second-order valence-corrected chi connectivity index (χ2v) is 13.2. The summed E-state index contributed by atoms with van der Waals surface area (Å²) in [4.78, 5) is 19.4. The maximum Gasteiger partial charge on any atom is 0.241 e. The number of carbonyl (C=O) groups is 1. The maximum absolute atomic E-state index is 13.2. The number of nitrogens with zero attached hydrogens (tertiary/aromatic N) is 2. The van der Waals surface area contributed by atoms with E-state index in [0.29, 0.717) is 6.42 Å². The molecule has 206 valence electrons. The van der Waals surface area contributed by atoms with Crippen molar-refractivity contribution in [3.05, 3.63) is 89.3 Å². The molecule has 0 fully saturated rings. The fraction of sp³-hybridized carbons (Fsp3) is 0.375. The first kappa shape index (κ1) is 28.7. The summed E-state index contributed by atoms with van der Waals surface area (Å²) in [5.74, 6) is -0.178. The SMILES string of the molecule is CC(C)c1cc(-c2ccc3cnccc3c2)cc(C(C)C)c1CC(=O)NS(=O)(=O)C1C=CC(CN(C)C)=CC1. The van der Waals surface area contributed by atoms with E-state index < -0.39 is 21.2 Å². The topological polar surface area (TPSA) is 79.4 Å². The Kier molecular flexibility index (Phi) is 8.72. The van der Waals surface area contributed by atoms with Gasteiger partial charge >= 0.3 is 0 Å². The van der Waals surface area contributed by atoms with Crippen molar-refractivity contribution in [2.24, 2.45) is 0 Å². The number of carbonyl (C=O) groups excluding carboxylic acids is 1. The molecule has 1 aliphatic rings. The number of rotatable bonds is 9. The van der Waals surface area contributed by atoms with E-state index in [0.717, 1.165) is 50.7 Å². The van der Waals surface area contributed by atoms with Gasteiger partial charge in [-0.05, 0) is 83.3 Å². The Morgan fingerprint density at radius 3 is 2.28 bits per heavy atom. The lowest BCUT2D eigenvalue weighted by atomic mass is 9.84. The quantitative estimate of drug-likeness (QED) is 0.359. The lowest BCUT2D eigenvalue weighted by molar-refractivity contribution is -0.118. The van der Waals surface area contributed by atoms with Crippen LogP contribution in [0.3, 0.4) is 0 Å². The zero-order chi connectivity index (χ0) is 28.3. The molecular formula is C32H39N3O3S. The van der Waals surface area contributed by atoms with Crippen LogP contribution in [0, 0.1) is 0 Å². The van der Waals surface area contributed by atoms with Crippen molar-refractivity contribution in [1.82, 2.24) is 14.6 Å². The minimum absolute atomic E-state index is 0.0160. The molecule has 6 nitrogen and oxygen atoms in total. The van der Waals surface area contributed by atoms with Crippen LogP contribution >= 0.6 is 0 Å². The highest BCUT2D eigenvalue weighted by molar-refractivity contribution is 7.90. The van der Waals surface area contributed by atoms with Gasteiger partial charge in [-0.2, -0.15) is 0 Å². The van der Waals surface area contributed by atoms with Crippen molar-refractivity contribution >= 4 is 26.7 Å². The average molecular weight is 546 g/mol. The molecule has 1 aliphatic carbocycles. The fourth-order valence-electron chi connectivity index (χ4n) is 5.17. The van der Waals surface area contributed by atoms with Gasteiger partial charge in [0.1, 0.15) is 5.25 Å². The second kappa shape index (κ2) is 11.8. The molecule has 1 unspecified atom stereocenters. The first-order valence-electron chi connectivity index (χ1n) is 13.5. The molecule has 3 aromatic rings. The Balaban J connectivity index is 1.61. The van der Waals surface area contributed by atoms with Crippen LogP contribution in [0.1, 0.15) is 62.6 Å². The van der Waals surface area contributed by atoms with Gasteiger partial charge in [0.05, 0.1) is 6.42 Å². The number of hydrogen-bond acceptors (Lipinski definition) is 5. The van der Waals surface area contributed by atoms with E-state index in [2.05, 4.69) is 67.7 Å². The molecule has 2 aromatic carbocycles. The van der Waals surface area contributed by atoms with Gasteiger partial charge in [-0.25, -0.2) is 8.42 Å². The van der Waals surface area contributed by atoms with E-state index in [1.807, 2.05) is 43.4 Å². The standard InChI is InChI=1S/C32H39N3O3S/c1-21(2)29-16-27(24-9-10-26-19-33-14-13-25(26)15-24)17-30(22(3)4)31(29)18-32(36)34-39(37,38)28-11-7-23(8-12-28)20-35(5)6/h7-11,13-17,19,21-22,28H,12,18,20H2,1-6H3,(H,34,36). The molecule has 7 heteroatoms. The molecule has 0 bridgehead atoms. The zero-order valence-electron chi connectivity index (χ0n) is 23.7. The number of benzene rings is 2. The van der Waals surface area contributed by atoms with E-state index >= 15 is 0 Å². The molecule has 39 heavy (non-hydrogen) atoms. The van der Waals surface area contributed by atoms with Gasteiger partial charge in [-0.3, -0.25) is 14.5 Å². The highest BCUT2D eigenvalue weighted by Crippen LogP contribution is 2.35. The number of hydrogen-bond donors (Lipinski definition) is 1. The third-order valence-corrected chi connectivity index (χ3v) is 8.82. The van der Waals surface area contributed by atoms with Crippen LogP contribution in [0.4, 0.5) is 0 Å². The summed E-state index contributed by atoms with van der Waals surface area (Å²) >= 11 is 0. The number of likely N-dealkylation sites (N-methyl/N-ethyl adjacent to an activating group) is 1. The van der Waals surface area contributed by atoms with Crippen LogP contribution in [0.5, 0.6) is 0 Å². The van der Waals surface area contributed by atoms with Gasteiger partial charge < -0.3 is 4.90 Å². The highest BCUT2D eigenvalue weighted by atomic mass is 32.2. The number of amides is 1. The molecule has 0 saturated heterocycles. The summed E-state index contributed by atoms with van der Waals surface area (Å²) < 4.78 is 28.5. The number of aromatic nitrogens is 1. The largest absolute Gasteiger partial charge is 0.305 e. The summed E-state index contributed by atoms with van der Waals surface area (Å²) in [7, 11) is 0.103. The molecular weight excluding hydrogens is 506 g/mol. The summed E-state index contributed by atoms with van der Waals surface area (Å²) in [6.45, 7) is 9.18. The molecule has 0 spiro atoms. The predicted octanol–water partition coefficient (Wildman–Crippen LogP) is 5.95. The van der Waals surface area contributed by atoms with E-state index in [-0.39, 0.29) is 18.3 Å². The fourth-order valence-corrected chi connectivity index (χ4v) is 6.35. The Bertz CT molecular complexity index is 1510. The molecule has 0 aliphatic heterocycles. The summed E-state index contributed by atoms with van der Waals surface area (Å²) in [5, 5.41) is 1.45. The van der Waals surface area contributed by atoms with Crippen LogP contribution in [0.2, 0.25) is 0 Å². The van der Waals surface area contributed by atoms with Crippen molar-refractivity contribution in [2.45, 2.75) is 57.6 Å². The van der Waals surface area contributed by atoms with Crippen LogP contribution < -0.4 is 4.72 Å². The van der Waals surface area contributed by atoms with Gasteiger partial charge in [-0.1, -0.05) is 70.2 Å². The van der Waals surface area contributed by atoms with E-state index in [1.165, 1.54) is 0 Å². The summed E-state index contributed by atoms with van der Waals surface area (Å²) in [5.41, 5.74) is 6.30. The van der Waals surface area contributed by atoms with Gasteiger partial charge in [0, 0.05) is 24.3 Å². The lowest BCUT2D eigenvalue weighted by Crippen LogP contribution is -2.39. The normalized spacial score (nSPS) is 15.8. The van der Waals surface area contributed by atoms with Crippen molar-refractivity contribution < 1.29 is 13.2 Å².